The average molecular weight is 314 g/mol. The Kier molecular flexibility index (Phi) is 5.73. The second-order valence-electron chi connectivity index (χ2n) is 5.91. The van der Waals surface area contributed by atoms with E-state index in [1.54, 1.807) is 7.11 Å². The predicted octanol–water partition coefficient (Wildman–Crippen LogP) is 2.79. The minimum atomic E-state index is -0.155. The Morgan fingerprint density at radius 3 is 2.57 bits per heavy atom. The monoisotopic (exact) mass is 313 g/mol. The van der Waals surface area contributed by atoms with Crippen LogP contribution in [0.4, 0.5) is 0 Å². The first-order valence-corrected chi connectivity index (χ1v) is 7.79. The molecule has 0 spiro atoms. The molecule has 0 bridgehead atoms. The van der Waals surface area contributed by atoms with Crippen molar-refractivity contribution in [1.29, 1.82) is 0 Å². The third-order valence-corrected chi connectivity index (χ3v) is 3.80. The van der Waals surface area contributed by atoms with Crippen LogP contribution in [0, 0.1) is 0 Å². The molecule has 0 aliphatic carbocycles. The van der Waals surface area contributed by atoms with Gasteiger partial charge in [0.25, 0.3) is 0 Å². The third-order valence-electron chi connectivity index (χ3n) is 3.46. The third kappa shape index (κ3) is 5.06. The highest BCUT2D eigenvalue weighted by Crippen LogP contribution is 2.22. The zero-order chi connectivity index (χ0) is 15.3. The molecule has 1 fully saturated rings. The van der Waals surface area contributed by atoms with Crippen molar-refractivity contribution < 1.29 is 14.2 Å². The van der Waals surface area contributed by atoms with Gasteiger partial charge in [0, 0.05) is 25.5 Å². The summed E-state index contributed by atoms with van der Waals surface area (Å²) in [4.78, 5) is 2.35. The number of methoxy groups -OCH3 is 1. The molecule has 21 heavy (non-hydrogen) atoms. The van der Waals surface area contributed by atoms with E-state index in [9.17, 15) is 0 Å². The molecule has 1 unspecified atom stereocenters. The minimum absolute atomic E-state index is 0.0939. The van der Waals surface area contributed by atoms with Crippen LogP contribution in [0.3, 0.4) is 0 Å². The van der Waals surface area contributed by atoms with Crippen molar-refractivity contribution >= 4 is 11.6 Å². The van der Waals surface area contributed by atoms with Crippen molar-refractivity contribution in [1.82, 2.24) is 4.90 Å². The quantitative estimate of drug-likeness (QED) is 0.756. The van der Waals surface area contributed by atoms with Crippen molar-refractivity contribution in [3.05, 3.63) is 24.3 Å². The molecule has 4 nitrogen and oxygen atoms in total. The van der Waals surface area contributed by atoms with Gasteiger partial charge in [-0.15, -0.1) is 11.6 Å². The molecule has 0 N–H and O–H groups in total. The Hall–Kier alpha value is -0.970. The number of rotatable bonds is 6. The number of halogens is 1. The fourth-order valence-electron chi connectivity index (χ4n) is 2.63. The topological polar surface area (TPSA) is 30.9 Å². The maximum atomic E-state index is 5.94. The minimum Gasteiger partial charge on any atom is -0.497 e. The van der Waals surface area contributed by atoms with Gasteiger partial charge in [0.1, 0.15) is 18.1 Å². The normalized spacial score (nSPS) is 22.0. The van der Waals surface area contributed by atoms with Gasteiger partial charge in [-0.1, -0.05) is 0 Å². The van der Waals surface area contributed by atoms with Crippen LogP contribution in [0.15, 0.2) is 24.3 Å². The van der Waals surface area contributed by atoms with Gasteiger partial charge in [-0.05, 0) is 38.1 Å². The molecule has 1 heterocycles. The van der Waals surface area contributed by atoms with Gasteiger partial charge in [-0.3, -0.25) is 4.90 Å². The van der Waals surface area contributed by atoms with Gasteiger partial charge in [0.2, 0.25) is 0 Å². The van der Waals surface area contributed by atoms with Gasteiger partial charge >= 0.3 is 0 Å². The molecule has 1 aromatic rings. The molecular weight excluding hydrogens is 290 g/mol. The smallest absolute Gasteiger partial charge is 0.119 e. The van der Waals surface area contributed by atoms with E-state index in [0.717, 1.165) is 31.1 Å². The van der Waals surface area contributed by atoms with E-state index in [-0.39, 0.29) is 11.7 Å². The Morgan fingerprint density at radius 1 is 1.29 bits per heavy atom. The van der Waals surface area contributed by atoms with Crippen LogP contribution in [0.25, 0.3) is 0 Å². The van der Waals surface area contributed by atoms with Crippen molar-refractivity contribution in [3.8, 4) is 11.5 Å². The lowest BCUT2D eigenvalue weighted by atomic mass is 10.1. The largest absolute Gasteiger partial charge is 0.497 e. The van der Waals surface area contributed by atoms with E-state index in [4.69, 9.17) is 25.8 Å². The maximum Gasteiger partial charge on any atom is 0.119 e. The summed E-state index contributed by atoms with van der Waals surface area (Å²) in [6.45, 7) is 7.47. The van der Waals surface area contributed by atoms with E-state index < -0.39 is 0 Å². The van der Waals surface area contributed by atoms with Gasteiger partial charge in [0.05, 0.1) is 18.8 Å². The molecule has 1 aliphatic rings. The second kappa shape index (κ2) is 7.34. The maximum absolute atomic E-state index is 5.94. The van der Waals surface area contributed by atoms with Crippen LogP contribution in [-0.2, 0) is 4.74 Å². The number of hydrogen-bond donors (Lipinski definition) is 0. The summed E-state index contributed by atoms with van der Waals surface area (Å²) in [5.41, 5.74) is -0.155. The lowest BCUT2D eigenvalue weighted by Crippen LogP contribution is -2.54. The van der Waals surface area contributed by atoms with E-state index in [1.165, 1.54) is 0 Å². The fraction of sp³-hybridized carbons (Fsp3) is 0.625. The van der Waals surface area contributed by atoms with Crippen LogP contribution in [0.1, 0.15) is 13.8 Å². The number of hydrogen-bond acceptors (Lipinski definition) is 4. The summed E-state index contributed by atoms with van der Waals surface area (Å²) < 4.78 is 16.8. The van der Waals surface area contributed by atoms with Crippen LogP contribution >= 0.6 is 11.6 Å². The zero-order valence-electron chi connectivity index (χ0n) is 13.0. The second-order valence-corrected chi connectivity index (χ2v) is 6.22. The summed E-state index contributed by atoms with van der Waals surface area (Å²) in [5.74, 6) is 2.22. The summed E-state index contributed by atoms with van der Waals surface area (Å²) in [7, 11) is 1.66. The Labute approximate surface area is 131 Å². The summed E-state index contributed by atoms with van der Waals surface area (Å²) in [6, 6.07) is 7.64. The molecule has 2 rings (SSSR count). The van der Waals surface area contributed by atoms with E-state index >= 15 is 0 Å². The molecule has 1 atom stereocenters. The van der Waals surface area contributed by atoms with E-state index in [2.05, 4.69) is 18.7 Å². The van der Waals surface area contributed by atoms with Crippen molar-refractivity contribution in [2.45, 2.75) is 25.6 Å². The molecule has 118 valence electrons. The van der Waals surface area contributed by atoms with E-state index in [0.29, 0.717) is 12.5 Å². The Balaban J connectivity index is 1.79. The van der Waals surface area contributed by atoms with Gasteiger partial charge < -0.3 is 14.2 Å². The molecule has 1 aliphatic heterocycles. The highest BCUT2D eigenvalue weighted by molar-refractivity contribution is 6.18. The highest BCUT2D eigenvalue weighted by atomic mass is 35.5. The predicted molar refractivity (Wildman–Crippen MR) is 84.6 cm³/mol. The van der Waals surface area contributed by atoms with Gasteiger partial charge in [-0.2, -0.15) is 0 Å². The summed E-state index contributed by atoms with van der Waals surface area (Å²) >= 11 is 5.94. The first kappa shape index (κ1) is 16.4. The lowest BCUT2D eigenvalue weighted by molar-refractivity contribution is -0.128. The molecule has 0 aromatic heterocycles. The molecule has 5 heteroatoms. The number of benzene rings is 1. The summed E-state index contributed by atoms with van der Waals surface area (Å²) in [5, 5.41) is 0. The molecule has 0 saturated carbocycles. The van der Waals surface area contributed by atoms with Gasteiger partial charge in [-0.25, -0.2) is 0 Å². The van der Waals surface area contributed by atoms with E-state index in [1.807, 2.05) is 24.3 Å². The van der Waals surface area contributed by atoms with Crippen molar-refractivity contribution in [3.63, 3.8) is 0 Å². The molecule has 1 aromatic carbocycles. The fourth-order valence-corrected chi connectivity index (χ4v) is 2.79. The highest BCUT2D eigenvalue weighted by Gasteiger charge is 2.32. The molecular formula is C16H24ClNO3. The molecule has 0 amide bonds. The van der Waals surface area contributed by atoms with Crippen LogP contribution in [-0.4, -0.2) is 55.8 Å². The molecule has 1 saturated heterocycles. The van der Waals surface area contributed by atoms with Crippen LogP contribution < -0.4 is 9.47 Å². The first-order chi connectivity index (χ1) is 10.0. The number of ether oxygens (including phenoxy) is 3. The lowest BCUT2D eigenvalue weighted by Gasteiger charge is -2.42. The van der Waals surface area contributed by atoms with Crippen molar-refractivity contribution in [2.75, 3.05) is 39.2 Å². The number of morpholine rings is 1. The van der Waals surface area contributed by atoms with Crippen LogP contribution in [0.2, 0.25) is 0 Å². The van der Waals surface area contributed by atoms with Gasteiger partial charge in [0.15, 0.2) is 0 Å². The Morgan fingerprint density at radius 2 is 1.95 bits per heavy atom. The summed E-state index contributed by atoms with van der Waals surface area (Å²) in [6.07, 6.45) is 0.0939. The molecule has 0 radical (unpaired) electrons. The first-order valence-electron chi connectivity index (χ1n) is 7.25. The SMILES string of the molecule is COc1ccc(OCCN2CC(CCl)OC(C)(C)C2)cc1. The average Bonchev–Trinajstić information content (AvgIpc) is 2.46. The van der Waals surface area contributed by atoms with Crippen molar-refractivity contribution in [2.24, 2.45) is 0 Å². The Bertz CT molecular complexity index is 436. The number of nitrogens with zero attached hydrogens (tertiary/aromatic N) is 1. The zero-order valence-corrected chi connectivity index (χ0v) is 13.7. The standard InChI is InChI=1S/C16H24ClNO3/c1-16(2)12-18(11-15(10-17)21-16)8-9-20-14-6-4-13(19-3)5-7-14/h4-7,15H,8-12H2,1-3H3. The number of alkyl halides is 1. The van der Waals surface area contributed by atoms with Crippen LogP contribution in [0.5, 0.6) is 11.5 Å².